The number of nitrogens with one attached hydrogen (secondary N) is 1. The Kier molecular flexibility index (Phi) is 6.68. The van der Waals surface area contributed by atoms with E-state index in [-0.39, 0.29) is 36.3 Å². The van der Waals surface area contributed by atoms with Gasteiger partial charge in [-0.15, -0.1) is 22.7 Å². The first-order chi connectivity index (χ1) is 18.5. The maximum Gasteiger partial charge on any atom is 0.414 e. The number of thiophene rings is 3. The second-order valence-corrected chi connectivity index (χ2v) is 12.1. The molecule has 0 bridgehead atoms. The first kappa shape index (κ1) is 24.7. The van der Waals surface area contributed by atoms with Gasteiger partial charge in [-0.1, -0.05) is 23.5 Å². The predicted molar refractivity (Wildman–Crippen MR) is 145 cm³/mol. The normalized spacial score (nSPS) is 19.5. The Morgan fingerprint density at radius 2 is 1.97 bits per heavy atom. The van der Waals surface area contributed by atoms with Crippen LogP contribution in [0.25, 0.3) is 9.40 Å². The smallest absolute Gasteiger partial charge is 0.399 e. The minimum absolute atomic E-state index is 0.0743. The number of rotatable bonds is 6. The lowest BCUT2D eigenvalue weighted by atomic mass is 10.1. The number of carbonyl (C=O) groups is 4. The third-order valence-electron chi connectivity index (χ3n) is 6.74. The summed E-state index contributed by atoms with van der Waals surface area (Å²) in [5.74, 6) is -0.884. The van der Waals surface area contributed by atoms with Crippen molar-refractivity contribution >= 4 is 67.1 Å². The molecule has 1 N–H and O–H groups in total. The van der Waals surface area contributed by atoms with Gasteiger partial charge in [0.15, 0.2) is 10.8 Å². The fourth-order valence-corrected chi connectivity index (χ4v) is 7.76. The van der Waals surface area contributed by atoms with Crippen molar-refractivity contribution in [3.63, 3.8) is 0 Å². The van der Waals surface area contributed by atoms with Crippen LogP contribution in [0.2, 0.25) is 0 Å². The molecule has 2 fully saturated rings. The summed E-state index contributed by atoms with van der Waals surface area (Å²) in [5.41, 5.74) is 0.263. The molecule has 9 nitrogen and oxygen atoms in total. The standard InChI is InChI=1S/C26H22N4O5S3/c31-19-14-30(24(32)16-5-1-2-8-27-16)18-6-9-29(23(18)19)25(33)17(12-15-4-3-10-36-15)28-26(34)35-22-13-21-20(38-22)7-11-37-21/h1-5,7-8,10-11,13,17-18,23H,6,9,12,14H2,(H,28,34). The van der Waals surface area contributed by atoms with Crippen molar-refractivity contribution in [3.8, 4) is 5.06 Å². The van der Waals surface area contributed by atoms with Crippen LogP contribution in [0.15, 0.2) is 59.4 Å². The van der Waals surface area contributed by atoms with Crippen LogP contribution in [0.1, 0.15) is 21.8 Å². The van der Waals surface area contributed by atoms with E-state index in [0.29, 0.717) is 18.0 Å². The molecule has 2 aliphatic heterocycles. The maximum atomic E-state index is 13.8. The lowest BCUT2D eigenvalue weighted by Gasteiger charge is -2.28. The molecule has 3 amide bonds. The number of Topliss-reactive ketones (excluding diaryl/α,β-unsaturated/α-hetero) is 1. The molecule has 6 heterocycles. The second-order valence-electron chi connectivity index (χ2n) is 9.03. The first-order valence-corrected chi connectivity index (χ1v) is 14.6. The van der Waals surface area contributed by atoms with Crippen LogP contribution >= 0.6 is 34.0 Å². The highest BCUT2D eigenvalue weighted by Crippen LogP contribution is 2.35. The van der Waals surface area contributed by atoms with Crippen LogP contribution in [-0.4, -0.2) is 69.7 Å². The van der Waals surface area contributed by atoms with Crippen molar-refractivity contribution in [3.05, 3.63) is 70.0 Å². The van der Waals surface area contributed by atoms with E-state index in [1.54, 1.807) is 35.6 Å². The van der Waals surface area contributed by atoms with Gasteiger partial charge in [0.25, 0.3) is 5.91 Å². The highest BCUT2D eigenvalue weighted by Gasteiger charge is 2.52. The Morgan fingerprint density at radius 1 is 1.08 bits per heavy atom. The number of amides is 3. The molecular formula is C26H22N4O5S3. The molecule has 6 rings (SSSR count). The largest absolute Gasteiger partial charge is 0.414 e. The molecule has 2 saturated heterocycles. The molecule has 38 heavy (non-hydrogen) atoms. The monoisotopic (exact) mass is 566 g/mol. The second kappa shape index (κ2) is 10.3. The van der Waals surface area contributed by atoms with Gasteiger partial charge in [-0.25, -0.2) is 4.79 Å². The van der Waals surface area contributed by atoms with E-state index in [1.165, 1.54) is 38.7 Å². The average molecular weight is 567 g/mol. The van der Waals surface area contributed by atoms with Gasteiger partial charge in [0.1, 0.15) is 17.8 Å². The molecular weight excluding hydrogens is 545 g/mol. The summed E-state index contributed by atoms with van der Waals surface area (Å²) in [4.78, 5) is 60.8. The van der Waals surface area contributed by atoms with Crippen LogP contribution in [0.5, 0.6) is 5.06 Å². The lowest BCUT2D eigenvalue weighted by molar-refractivity contribution is -0.138. The van der Waals surface area contributed by atoms with E-state index in [2.05, 4.69) is 10.3 Å². The molecule has 0 radical (unpaired) electrons. The summed E-state index contributed by atoms with van der Waals surface area (Å²) in [7, 11) is 0. The fraction of sp³-hybridized carbons (Fsp3) is 0.269. The van der Waals surface area contributed by atoms with Gasteiger partial charge >= 0.3 is 6.09 Å². The summed E-state index contributed by atoms with van der Waals surface area (Å²) < 4.78 is 7.56. The number of hydrogen-bond donors (Lipinski definition) is 1. The van der Waals surface area contributed by atoms with Crippen LogP contribution < -0.4 is 10.1 Å². The maximum absolute atomic E-state index is 13.8. The number of likely N-dealkylation sites (tertiary alicyclic amines) is 2. The number of pyridine rings is 1. The van der Waals surface area contributed by atoms with E-state index >= 15 is 0 Å². The first-order valence-electron chi connectivity index (χ1n) is 12.0. The van der Waals surface area contributed by atoms with Crippen molar-refractivity contribution in [2.45, 2.75) is 31.0 Å². The van der Waals surface area contributed by atoms with Gasteiger partial charge in [0.2, 0.25) is 5.91 Å². The van der Waals surface area contributed by atoms with Crippen LogP contribution in [-0.2, 0) is 16.0 Å². The van der Waals surface area contributed by atoms with Gasteiger partial charge in [-0.05, 0) is 41.4 Å². The minimum atomic E-state index is -0.922. The zero-order valence-corrected chi connectivity index (χ0v) is 22.4. The lowest BCUT2D eigenvalue weighted by Crippen LogP contribution is -2.53. The van der Waals surface area contributed by atoms with Gasteiger partial charge in [0, 0.05) is 39.5 Å². The Hall–Kier alpha value is -3.61. The number of fused-ring (bicyclic) bond motifs is 2. The number of ether oxygens (including phenoxy) is 1. The fourth-order valence-electron chi connectivity index (χ4n) is 5.06. The van der Waals surface area contributed by atoms with Gasteiger partial charge in [-0.3, -0.25) is 19.4 Å². The molecule has 0 aromatic carbocycles. The molecule has 4 aromatic heterocycles. The molecule has 0 spiro atoms. The van der Waals surface area contributed by atoms with Crippen LogP contribution in [0, 0.1) is 0 Å². The molecule has 12 heteroatoms. The SMILES string of the molecule is O=C(NC(Cc1cccs1)C(=O)N1CCC2C1C(=O)CN2C(=O)c1ccccn1)Oc1cc2sccc2s1. The zero-order valence-electron chi connectivity index (χ0n) is 19.9. The summed E-state index contributed by atoms with van der Waals surface area (Å²) in [6.07, 6.45) is 1.55. The third-order valence-corrected chi connectivity index (χ3v) is 9.61. The molecule has 3 atom stereocenters. The van der Waals surface area contributed by atoms with Crippen molar-refractivity contribution in [2.24, 2.45) is 0 Å². The Morgan fingerprint density at radius 3 is 2.74 bits per heavy atom. The number of carbonyl (C=O) groups excluding carboxylic acids is 4. The molecule has 0 saturated carbocycles. The van der Waals surface area contributed by atoms with E-state index in [4.69, 9.17) is 4.74 Å². The van der Waals surface area contributed by atoms with Crippen LogP contribution in [0.4, 0.5) is 4.79 Å². The highest BCUT2D eigenvalue weighted by molar-refractivity contribution is 7.27. The van der Waals surface area contributed by atoms with Crippen molar-refractivity contribution in [1.82, 2.24) is 20.1 Å². The minimum Gasteiger partial charge on any atom is -0.399 e. The van der Waals surface area contributed by atoms with Gasteiger partial charge < -0.3 is 19.9 Å². The van der Waals surface area contributed by atoms with Crippen molar-refractivity contribution < 1.29 is 23.9 Å². The Bertz CT molecular complexity index is 1470. The van der Waals surface area contributed by atoms with E-state index in [9.17, 15) is 19.2 Å². The van der Waals surface area contributed by atoms with Crippen molar-refractivity contribution in [2.75, 3.05) is 13.1 Å². The Labute approximate surface area is 229 Å². The van der Waals surface area contributed by atoms with Crippen molar-refractivity contribution in [1.29, 1.82) is 0 Å². The number of hydrogen-bond acceptors (Lipinski definition) is 9. The summed E-state index contributed by atoms with van der Waals surface area (Å²) in [5, 5.41) is 7.06. The van der Waals surface area contributed by atoms with E-state index in [1.807, 2.05) is 29.0 Å². The number of ketones is 1. The average Bonchev–Trinajstić information content (AvgIpc) is 3.72. The molecule has 0 aliphatic carbocycles. The molecule has 194 valence electrons. The predicted octanol–water partition coefficient (Wildman–Crippen LogP) is 3.81. The molecule has 3 unspecified atom stereocenters. The quantitative estimate of drug-likeness (QED) is 0.380. The number of nitrogens with zero attached hydrogens (tertiary/aromatic N) is 3. The van der Waals surface area contributed by atoms with E-state index < -0.39 is 24.2 Å². The topological polar surface area (TPSA) is 109 Å². The van der Waals surface area contributed by atoms with E-state index in [0.717, 1.165) is 14.3 Å². The third kappa shape index (κ3) is 4.70. The Balaban J connectivity index is 1.19. The zero-order chi connectivity index (χ0) is 26.2. The summed E-state index contributed by atoms with van der Waals surface area (Å²) >= 11 is 4.40. The summed E-state index contributed by atoms with van der Waals surface area (Å²) in [6, 6.07) is 10.5. The number of aromatic nitrogens is 1. The van der Waals surface area contributed by atoms with Gasteiger partial charge in [0.05, 0.1) is 12.6 Å². The summed E-state index contributed by atoms with van der Waals surface area (Å²) in [6.45, 7) is 0.236. The molecule has 2 aliphatic rings. The van der Waals surface area contributed by atoms with Gasteiger partial charge in [-0.2, -0.15) is 0 Å². The van der Waals surface area contributed by atoms with Crippen LogP contribution in [0.3, 0.4) is 0 Å². The molecule has 4 aromatic rings. The highest BCUT2D eigenvalue weighted by atomic mass is 32.1.